The Bertz CT molecular complexity index is 414. The van der Waals surface area contributed by atoms with Crippen LogP contribution in [0.2, 0.25) is 0 Å². The maximum atomic E-state index is 10.9. The Hall–Kier alpha value is -2.17. The lowest BCUT2D eigenvalue weighted by atomic mass is 10.1. The van der Waals surface area contributed by atoms with Crippen LogP contribution in [0.15, 0.2) is 35.3 Å². The standard InChI is InChI=1S/C12H13NO4/c14-11(15)6-7-13-10(12(16)17)8-9-4-2-1-3-5-9/h1-5,7,10H,6,8H2,(H,14,15)(H,16,17)/b13-7-/t10-/m0/s1. The van der Waals surface area contributed by atoms with Crippen LogP contribution in [0.5, 0.6) is 0 Å². The molecule has 0 saturated carbocycles. The van der Waals surface area contributed by atoms with Gasteiger partial charge in [-0.1, -0.05) is 30.3 Å². The molecule has 2 N–H and O–H groups in total. The van der Waals surface area contributed by atoms with E-state index in [9.17, 15) is 9.59 Å². The second-order valence-electron chi connectivity index (χ2n) is 3.47. The Labute approximate surface area is 98.4 Å². The highest BCUT2D eigenvalue weighted by molar-refractivity contribution is 5.86. The summed E-state index contributed by atoms with van der Waals surface area (Å²) in [4.78, 5) is 24.9. The third-order valence-electron chi connectivity index (χ3n) is 2.11. The molecule has 0 spiro atoms. The number of carbonyl (C=O) groups is 2. The lowest BCUT2D eigenvalue weighted by molar-refractivity contribution is -0.138. The van der Waals surface area contributed by atoms with Gasteiger partial charge in [0, 0.05) is 12.6 Å². The number of carboxylic acids is 2. The molecule has 1 aromatic rings. The normalized spacial score (nSPS) is 12.5. The Morgan fingerprint density at radius 1 is 1.24 bits per heavy atom. The van der Waals surface area contributed by atoms with E-state index in [2.05, 4.69) is 4.99 Å². The van der Waals surface area contributed by atoms with Gasteiger partial charge in [-0.3, -0.25) is 9.79 Å². The average molecular weight is 235 g/mol. The zero-order valence-corrected chi connectivity index (χ0v) is 9.11. The van der Waals surface area contributed by atoms with Gasteiger partial charge in [-0.15, -0.1) is 0 Å². The van der Waals surface area contributed by atoms with Crippen LogP contribution in [-0.4, -0.2) is 34.4 Å². The van der Waals surface area contributed by atoms with Crippen LogP contribution in [0.4, 0.5) is 0 Å². The molecule has 90 valence electrons. The first-order valence-electron chi connectivity index (χ1n) is 5.09. The van der Waals surface area contributed by atoms with Crippen molar-refractivity contribution in [2.45, 2.75) is 18.9 Å². The van der Waals surface area contributed by atoms with Crippen molar-refractivity contribution >= 4 is 18.2 Å². The fourth-order valence-electron chi connectivity index (χ4n) is 1.30. The van der Waals surface area contributed by atoms with Crippen molar-refractivity contribution in [2.24, 2.45) is 4.99 Å². The predicted octanol–water partition coefficient (Wildman–Crippen LogP) is 1.23. The maximum absolute atomic E-state index is 10.9. The fraction of sp³-hybridized carbons (Fsp3) is 0.250. The SMILES string of the molecule is O=C(O)C/C=N\[C@@H](Cc1ccccc1)C(=O)O. The smallest absolute Gasteiger partial charge is 0.328 e. The number of aliphatic imine (C=N–C) groups is 1. The molecule has 0 aromatic heterocycles. The number of hydrogen-bond acceptors (Lipinski definition) is 3. The quantitative estimate of drug-likeness (QED) is 0.726. The highest BCUT2D eigenvalue weighted by Gasteiger charge is 2.15. The van der Waals surface area contributed by atoms with Gasteiger partial charge in [0.05, 0.1) is 6.42 Å². The minimum absolute atomic E-state index is 0.256. The monoisotopic (exact) mass is 235 g/mol. The fourth-order valence-corrected chi connectivity index (χ4v) is 1.30. The van der Waals surface area contributed by atoms with Crippen LogP contribution in [0.3, 0.4) is 0 Å². The van der Waals surface area contributed by atoms with Gasteiger partial charge >= 0.3 is 11.9 Å². The highest BCUT2D eigenvalue weighted by Crippen LogP contribution is 2.06. The van der Waals surface area contributed by atoms with Crippen LogP contribution in [0, 0.1) is 0 Å². The van der Waals surface area contributed by atoms with Gasteiger partial charge < -0.3 is 10.2 Å². The van der Waals surface area contributed by atoms with Gasteiger partial charge in [0.2, 0.25) is 0 Å². The van der Waals surface area contributed by atoms with Crippen LogP contribution in [0.1, 0.15) is 12.0 Å². The topological polar surface area (TPSA) is 87.0 Å². The van der Waals surface area contributed by atoms with E-state index < -0.39 is 18.0 Å². The van der Waals surface area contributed by atoms with Gasteiger partial charge in [-0.2, -0.15) is 0 Å². The summed E-state index contributed by atoms with van der Waals surface area (Å²) >= 11 is 0. The molecule has 1 rings (SSSR count). The molecule has 5 nitrogen and oxygen atoms in total. The number of benzene rings is 1. The first-order chi connectivity index (χ1) is 8.09. The number of aliphatic carboxylic acids is 2. The lowest BCUT2D eigenvalue weighted by Gasteiger charge is -2.06. The molecule has 0 bridgehead atoms. The number of carboxylic acid groups (broad SMARTS) is 2. The number of rotatable bonds is 6. The van der Waals surface area contributed by atoms with E-state index in [1.807, 2.05) is 30.3 Å². The molecule has 0 heterocycles. The minimum atomic E-state index is -1.06. The van der Waals surface area contributed by atoms with E-state index in [4.69, 9.17) is 10.2 Å². The first kappa shape index (κ1) is 12.9. The molecule has 0 aliphatic heterocycles. The van der Waals surface area contributed by atoms with Crippen LogP contribution < -0.4 is 0 Å². The molecular weight excluding hydrogens is 222 g/mol. The zero-order chi connectivity index (χ0) is 12.7. The predicted molar refractivity (Wildman–Crippen MR) is 62.3 cm³/mol. The summed E-state index contributed by atoms with van der Waals surface area (Å²) < 4.78 is 0. The van der Waals surface area contributed by atoms with Gasteiger partial charge in [-0.05, 0) is 5.56 Å². The van der Waals surface area contributed by atoms with Crippen molar-refractivity contribution in [1.82, 2.24) is 0 Å². The van der Waals surface area contributed by atoms with E-state index >= 15 is 0 Å². The Balaban J connectivity index is 2.64. The Morgan fingerprint density at radius 3 is 2.41 bits per heavy atom. The summed E-state index contributed by atoms with van der Waals surface area (Å²) in [6.45, 7) is 0. The summed E-state index contributed by atoms with van der Waals surface area (Å²) in [5.41, 5.74) is 0.854. The van der Waals surface area contributed by atoms with Gasteiger partial charge in [0.1, 0.15) is 0 Å². The molecule has 0 saturated heterocycles. The first-order valence-corrected chi connectivity index (χ1v) is 5.09. The molecule has 1 aromatic carbocycles. The summed E-state index contributed by atoms with van der Waals surface area (Å²) in [7, 11) is 0. The van der Waals surface area contributed by atoms with E-state index in [0.717, 1.165) is 11.8 Å². The molecule has 0 fully saturated rings. The summed E-state index contributed by atoms with van der Waals surface area (Å²) in [5.74, 6) is -2.09. The van der Waals surface area contributed by atoms with Gasteiger partial charge in [-0.25, -0.2) is 4.79 Å². The summed E-state index contributed by atoms with van der Waals surface area (Å²) in [5, 5.41) is 17.4. The molecule has 0 aliphatic rings. The third-order valence-corrected chi connectivity index (χ3v) is 2.11. The Kier molecular flexibility index (Phi) is 4.87. The van der Waals surface area contributed by atoms with Gasteiger partial charge in [0.25, 0.3) is 0 Å². The summed E-state index contributed by atoms with van der Waals surface area (Å²) in [6, 6.07) is 8.15. The second kappa shape index (κ2) is 6.42. The van der Waals surface area contributed by atoms with Gasteiger partial charge in [0.15, 0.2) is 6.04 Å². The van der Waals surface area contributed by atoms with Crippen molar-refractivity contribution in [3.8, 4) is 0 Å². The van der Waals surface area contributed by atoms with E-state index in [1.165, 1.54) is 0 Å². The van der Waals surface area contributed by atoms with Crippen molar-refractivity contribution in [3.63, 3.8) is 0 Å². The molecule has 1 atom stereocenters. The Morgan fingerprint density at radius 2 is 1.88 bits per heavy atom. The van der Waals surface area contributed by atoms with Crippen molar-refractivity contribution in [2.75, 3.05) is 0 Å². The minimum Gasteiger partial charge on any atom is -0.481 e. The molecular formula is C12H13NO4. The second-order valence-corrected chi connectivity index (χ2v) is 3.47. The molecule has 0 amide bonds. The van der Waals surface area contributed by atoms with E-state index in [1.54, 1.807) is 0 Å². The van der Waals surface area contributed by atoms with Crippen molar-refractivity contribution in [3.05, 3.63) is 35.9 Å². The van der Waals surface area contributed by atoms with Crippen molar-refractivity contribution in [1.29, 1.82) is 0 Å². The molecule has 0 radical (unpaired) electrons. The van der Waals surface area contributed by atoms with E-state index in [-0.39, 0.29) is 12.8 Å². The summed E-state index contributed by atoms with van der Waals surface area (Å²) in [6.07, 6.45) is 1.12. The van der Waals surface area contributed by atoms with Crippen LogP contribution in [-0.2, 0) is 16.0 Å². The van der Waals surface area contributed by atoms with Crippen molar-refractivity contribution < 1.29 is 19.8 Å². The average Bonchev–Trinajstić information content (AvgIpc) is 2.28. The zero-order valence-electron chi connectivity index (χ0n) is 9.11. The number of nitrogens with zero attached hydrogens (tertiary/aromatic N) is 1. The molecule has 17 heavy (non-hydrogen) atoms. The maximum Gasteiger partial charge on any atom is 0.328 e. The lowest BCUT2D eigenvalue weighted by Crippen LogP contribution is -2.21. The molecule has 0 unspecified atom stereocenters. The third kappa shape index (κ3) is 4.92. The molecule has 0 aliphatic carbocycles. The molecule has 5 heteroatoms. The highest BCUT2D eigenvalue weighted by atomic mass is 16.4. The van der Waals surface area contributed by atoms with Crippen LogP contribution in [0.25, 0.3) is 0 Å². The largest absolute Gasteiger partial charge is 0.481 e. The number of hydrogen-bond donors (Lipinski definition) is 2. The van der Waals surface area contributed by atoms with E-state index in [0.29, 0.717) is 0 Å². The van der Waals surface area contributed by atoms with Crippen LogP contribution >= 0.6 is 0 Å².